The Kier molecular flexibility index (Phi) is 6.17. The Morgan fingerprint density at radius 2 is 1.89 bits per heavy atom. The van der Waals surface area contributed by atoms with Crippen LogP contribution in [0, 0.1) is 0 Å². The predicted molar refractivity (Wildman–Crippen MR) is 82.4 cm³/mol. The molecule has 1 unspecified atom stereocenters. The van der Waals surface area contributed by atoms with Gasteiger partial charge < -0.3 is 15.7 Å². The third-order valence-corrected chi connectivity index (χ3v) is 3.71. The molecule has 0 aliphatic rings. The van der Waals surface area contributed by atoms with Gasteiger partial charge in [-0.15, -0.1) is 0 Å². The van der Waals surface area contributed by atoms with Gasteiger partial charge in [0, 0.05) is 18.7 Å². The summed E-state index contributed by atoms with van der Waals surface area (Å²) in [5.74, 6) is 1.19. The molecule has 0 aromatic carbocycles. The first-order valence-electron chi connectivity index (χ1n) is 6.44. The zero-order valence-electron chi connectivity index (χ0n) is 11.6. The van der Waals surface area contributed by atoms with Crippen molar-refractivity contribution in [2.45, 2.75) is 39.2 Å². The van der Waals surface area contributed by atoms with Crippen LogP contribution in [0.5, 0.6) is 0 Å². The van der Waals surface area contributed by atoms with Crippen molar-refractivity contribution in [2.75, 3.05) is 23.8 Å². The molecule has 6 heteroatoms. The van der Waals surface area contributed by atoms with E-state index in [1.807, 2.05) is 13.8 Å². The van der Waals surface area contributed by atoms with Gasteiger partial charge in [-0.3, -0.25) is 0 Å². The summed E-state index contributed by atoms with van der Waals surface area (Å²) in [5, 5.41) is 16.5. The van der Waals surface area contributed by atoms with Gasteiger partial charge in [-0.2, -0.15) is 0 Å². The quantitative estimate of drug-likeness (QED) is 0.717. The van der Waals surface area contributed by atoms with Crippen molar-refractivity contribution in [3.63, 3.8) is 0 Å². The summed E-state index contributed by atoms with van der Waals surface area (Å²) in [7, 11) is 0. The minimum absolute atomic E-state index is 0.114. The molecule has 0 fully saturated rings. The van der Waals surface area contributed by atoms with Crippen LogP contribution in [0.4, 0.5) is 11.6 Å². The molecule has 0 bridgehead atoms. The molecule has 19 heavy (non-hydrogen) atoms. The van der Waals surface area contributed by atoms with E-state index in [2.05, 4.69) is 22.5 Å². The van der Waals surface area contributed by atoms with Crippen LogP contribution in [0.3, 0.4) is 0 Å². The Morgan fingerprint density at radius 3 is 2.42 bits per heavy atom. The Balaban J connectivity index is 3.02. The molecule has 0 saturated heterocycles. The summed E-state index contributed by atoms with van der Waals surface area (Å²) >= 11 is 12.2. The predicted octanol–water partition coefficient (Wildman–Crippen LogP) is 3.78. The zero-order valence-corrected chi connectivity index (χ0v) is 13.1. The number of rotatable bonds is 7. The van der Waals surface area contributed by atoms with Crippen LogP contribution >= 0.6 is 23.2 Å². The number of anilines is 2. The summed E-state index contributed by atoms with van der Waals surface area (Å²) in [4.78, 5) is 4.41. The van der Waals surface area contributed by atoms with Gasteiger partial charge in [0.05, 0.1) is 10.0 Å². The molecule has 1 rings (SSSR count). The number of pyridine rings is 1. The van der Waals surface area contributed by atoms with Crippen molar-refractivity contribution in [2.24, 2.45) is 0 Å². The van der Waals surface area contributed by atoms with Crippen LogP contribution in [0.25, 0.3) is 0 Å². The lowest BCUT2D eigenvalue weighted by atomic mass is 9.95. The monoisotopic (exact) mass is 305 g/mol. The summed E-state index contributed by atoms with van der Waals surface area (Å²) < 4.78 is 0. The molecule has 0 aliphatic carbocycles. The highest BCUT2D eigenvalue weighted by molar-refractivity contribution is 6.37. The van der Waals surface area contributed by atoms with Gasteiger partial charge >= 0.3 is 0 Å². The lowest BCUT2D eigenvalue weighted by Gasteiger charge is -2.30. The van der Waals surface area contributed by atoms with Crippen molar-refractivity contribution in [1.82, 2.24) is 4.98 Å². The third kappa shape index (κ3) is 4.41. The number of aliphatic hydroxyl groups excluding tert-OH is 1. The van der Waals surface area contributed by atoms with E-state index in [0.29, 0.717) is 28.1 Å². The molecular weight excluding hydrogens is 285 g/mol. The van der Waals surface area contributed by atoms with Gasteiger partial charge in [0.2, 0.25) is 0 Å². The van der Waals surface area contributed by atoms with E-state index in [9.17, 15) is 0 Å². The van der Waals surface area contributed by atoms with Gasteiger partial charge in [0.15, 0.2) is 0 Å². The molecule has 1 heterocycles. The van der Waals surface area contributed by atoms with Crippen molar-refractivity contribution < 1.29 is 5.11 Å². The number of halogens is 2. The topological polar surface area (TPSA) is 57.2 Å². The molecular formula is C13H21Cl2N3O. The van der Waals surface area contributed by atoms with Gasteiger partial charge in [0.1, 0.15) is 11.6 Å². The molecule has 1 aromatic rings. The lowest BCUT2D eigenvalue weighted by Crippen LogP contribution is -2.35. The molecule has 0 amide bonds. The van der Waals surface area contributed by atoms with E-state index in [1.165, 1.54) is 0 Å². The van der Waals surface area contributed by atoms with Crippen molar-refractivity contribution in [3.8, 4) is 0 Å². The molecule has 0 aliphatic heterocycles. The molecule has 0 spiro atoms. The standard InChI is InChI=1S/C13H21Cl2N3O/c1-4-13(3,6-7-19)18-12-10(15)8-9(14)11(17-12)16-5-2/h8,19H,4-7H2,1-3H3,(H2,16,17,18). The highest BCUT2D eigenvalue weighted by Crippen LogP contribution is 2.32. The number of nitrogens with one attached hydrogen (secondary N) is 2. The SMILES string of the molecule is CCNc1nc(NC(C)(CC)CCO)c(Cl)cc1Cl. The van der Waals surface area contributed by atoms with Crippen LogP contribution in [0.1, 0.15) is 33.6 Å². The average Bonchev–Trinajstić information content (AvgIpc) is 2.36. The smallest absolute Gasteiger partial charge is 0.147 e. The van der Waals surface area contributed by atoms with Gasteiger partial charge in [-0.05, 0) is 32.8 Å². The molecule has 108 valence electrons. The Morgan fingerprint density at radius 1 is 1.26 bits per heavy atom. The highest BCUT2D eigenvalue weighted by atomic mass is 35.5. The van der Waals surface area contributed by atoms with Crippen molar-refractivity contribution in [1.29, 1.82) is 0 Å². The van der Waals surface area contributed by atoms with Gasteiger partial charge in [0.25, 0.3) is 0 Å². The largest absolute Gasteiger partial charge is 0.396 e. The van der Waals surface area contributed by atoms with E-state index >= 15 is 0 Å². The summed E-state index contributed by atoms with van der Waals surface area (Å²) in [6, 6.07) is 1.67. The second-order valence-electron chi connectivity index (χ2n) is 4.69. The maximum absolute atomic E-state index is 9.14. The second kappa shape index (κ2) is 7.17. The number of aliphatic hydroxyl groups is 1. The van der Waals surface area contributed by atoms with Crippen LogP contribution < -0.4 is 10.6 Å². The van der Waals surface area contributed by atoms with Crippen LogP contribution in [0.15, 0.2) is 6.07 Å². The fourth-order valence-corrected chi connectivity index (χ4v) is 2.18. The van der Waals surface area contributed by atoms with Crippen LogP contribution in [-0.4, -0.2) is 28.8 Å². The second-order valence-corrected chi connectivity index (χ2v) is 5.51. The zero-order chi connectivity index (χ0) is 14.5. The van der Waals surface area contributed by atoms with Crippen molar-refractivity contribution in [3.05, 3.63) is 16.1 Å². The average molecular weight is 306 g/mol. The normalized spacial score (nSPS) is 14.0. The van der Waals surface area contributed by atoms with E-state index in [4.69, 9.17) is 28.3 Å². The highest BCUT2D eigenvalue weighted by Gasteiger charge is 2.23. The molecule has 1 aromatic heterocycles. The van der Waals surface area contributed by atoms with E-state index < -0.39 is 0 Å². The van der Waals surface area contributed by atoms with E-state index in [-0.39, 0.29) is 12.1 Å². The first-order chi connectivity index (χ1) is 8.95. The molecule has 0 radical (unpaired) electrons. The van der Waals surface area contributed by atoms with Crippen LogP contribution in [0.2, 0.25) is 10.0 Å². The Hall–Kier alpha value is -0.710. The first kappa shape index (κ1) is 16.3. The number of hydrogen-bond donors (Lipinski definition) is 3. The number of hydrogen-bond acceptors (Lipinski definition) is 4. The Labute approximate surface area is 124 Å². The minimum atomic E-state index is -0.247. The molecule has 4 nitrogen and oxygen atoms in total. The maximum atomic E-state index is 9.14. The van der Waals surface area contributed by atoms with Gasteiger partial charge in [-0.25, -0.2) is 4.98 Å². The molecule has 1 atom stereocenters. The molecule has 0 saturated carbocycles. The van der Waals surface area contributed by atoms with Crippen LogP contribution in [-0.2, 0) is 0 Å². The fraction of sp³-hybridized carbons (Fsp3) is 0.615. The number of nitrogens with zero attached hydrogens (tertiary/aromatic N) is 1. The van der Waals surface area contributed by atoms with E-state index in [0.717, 1.165) is 13.0 Å². The lowest BCUT2D eigenvalue weighted by molar-refractivity contribution is 0.252. The van der Waals surface area contributed by atoms with Gasteiger partial charge in [-0.1, -0.05) is 30.1 Å². The van der Waals surface area contributed by atoms with E-state index in [1.54, 1.807) is 6.07 Å². The third-order valence-electron chi connectivity index (χ3n) is 3.14. The maximum Gasteiger partial charge on any atom is 0.147 e. The van der Waals surface area contributed by atoms with Crippen molar-refractivity contribution >= 4 is 34.8 Å². The first-order valence-corrected chi connectivity index (χ1v) is 7.20. The summed E-state index contributed by atoms with van der Waals surface area (Å²) in [6.07, 6.45) is 1.48. The summed E-state index contributed by atoms with van der Waals surface area (Å²) in [6.45, 7) is 6.90. The Bertz CT molecular complexity index is 429. The minimum Gasteiger partial charge on any atom is -0.396 e. The fourth-order valence-electron chi connectivity index (χ4n) is 1.71. The number of aromatic nitrogens is 1. The molecule has 3 N–H and O–H groups in total. The summed E-state index contributed by atoms with van der Waals surface area (Å²) in [5.41, 5.74) is -0.247.